The molecule has 2 heterocycles. The van der Waals surface area contributed by atoms with Crippen LogP contribution in [0.4, 0.5) is 0 Å². The number of ether oxygens (including phenoxy) is 6. The number of ketones is 1. The van der Waals surface area contributed by atoms with Crippen molar-refractivity contribution in [2.75, 3.05) is 27.9 Å². The molecular weight excluding hydrogens is 548 g/mol. The minimum atomic E-state index is -0.495. The first kappa shape index (κ1) is 27.9. The van der Waals surface area contributed by atoms with E-state index < -0.39 is 5.92 Å². The number of methoxy groups -OCH3 is 3. The summed E-state index contributed by atoms with van der Waals surface area (Å²) in [6.07, 6.45) is 2.38. The summed E-state index contributed by atoms with van der Waals surface area (Å²) >= 11 is 0. The Labute approximate surface area is 249 Å². The number of hydrogen-bond acceptors (Lipinski definition) is 8. The molecule has 1 unspecified atom stereocenters. The molecule has 0 aliphatic carbocycles. The van der Waals surface area contributed by atoms with Crippen LogP contribution in [0.25, 0.3) is 6.08 Å². The predicted molar refractivity (Wildman–Crippen MR) is 160 cm³/mol. The number of Topliss-reactive ketones (excluding diaryl/α,β-unsaturated/α-hetero) is 1. The molecule has 0 fully saturated rings. The van der Waals surface area contributed by atoms with Crippen molar-refractivity contribution in [1.29, 1.82) is 0 Å². The minimum absolute atomic E-state index is 0.0422. The molecule has 0 bridgehead atoms. The van der Waals surface area contributed by atoms with Gasteiger partial charge in [0.25, 0.3) is 0 Å². The Balaban J connectivity index is 1.34. The van der Waals surface area contributed by atoms with Crippen molar-refractivity contribution in [3.8, 4) is 34.5 Å². The molecule has 8 heteroatoms. The van der Waals surface area contributed by atoms with Crippen LogP contribution >= 0.6 is 0 Å². The van der Waals surface area contributed by atoms with Gasteiger partial charge in [0.15, 0.2) is 17.3 Å². The Morgan fingerprint density at radius 1 is 0.814 bits per heavy atom. The smallest absolute Gasteiger partial charge is 0.312 e. The molecular formula is C35H30O8. The second-order valence-corrected chi connectivity index (χ2v) is 10.1. The molecule has 0 saturated carbocycles. The highest BCUT2D eigenvalue weighted by Crippen LogP contribution is 2.51. The summed E-state index contributed by atoms with van der Waals surface area (Å²) in [5.74, 6) is 2.36. The number of benzene rings is 4. The minimum Gasteiger partial charge on any atom is -0.497 e. The Kier molecular flexibility index (Phi) is 7.75. The van der Waals surface area contributed by atoms with Gasteiger partial charge in [0.2, 0.25) is 5.78 Å². The van der Waals surface area contributed by atoms with E-state index in [1.54, 1.807) is 39.5 Å². The molecule has 4 aromatic rings. The number of esters is 1. The van der Waals surface area contributed by atoms with E-state index in [0.717, 1.165) is 22.4 Å². The van der Waals surface area contributed by atoms with Crippen molar-refractivity contribution in [3.63, 3.8) is 0 Å². The molecule has 8 nitrogen and oxygen atoms in total. The third kappa shape index (κ3) is 5.51. The van der Waals surface area contributed by atoms with Gasteiger partial charge in [-0.2, -0.15) is 0 Å². The molecule has 0 spiro atoms. The lowest BCUT2D eigenvalue weighted by atomic mass is 9.84. The number of hydrogen-bond donors (Lipinski definition) is 0. The van der Waals surface area contributed by atoms with Crippen LogP contribution in [0.1, 0.15) is 45.0 Å². The predicted octanol–water partition coefficient (Wildman–Crippen LogP) is 6.39. The van der Waals surface area contributed by atoms with Gasteiger partial charge in [-0.1, -0.05) is 36.4 Å². The van der Waals surface area contributed by atoms with E-state index in [0.29, 0.717) is 52.9 Å². The molecule has 1 atom stereocenters. The van der Waals surface area contributed by atoms with Crippen molar-refractivity contribution in [1.82, 2.24) is 0 Å². The highest BCUT2D eigenvalue weighted by Gasteiger charge is 2.39. The molecule has 4 aromatic carbocycles. The van der Waals surface area contributed by atoms with Gasteiger partial charge < -0.3 is 28.4 Å². The SMILES string of the molecule is COc1ccc(C=C2Oc3c(ccc4c3C(c3cccc(OC)c3OCCc3ccc(OC)cc3)CC(=O)O4)C2=O)cc1. The number of carbonyl (C=O) groups is 2. The Hall–Kier alpha value is -5.24. The van der Waals surface area contributed by atoms with E-state index >= 15 is 0 Å². The van der Waals surface area contributed by atoms with Crippen LogP contribution in [0.3, 0.4) is 0 Å². The van der Waals surface area contributed by atoms with Gasteiger partial charge in [-0.25, -0.2) is 0 Å². The zero-order chi connectivity index (χ0) is 29.9. The Morgan fingerprint density at radius 3 is 2.23 bits per heavy atom. The number of carbonyl (C=O) groups excluding carboxylic acids is 2. The summed E-state index contributed by atoms with van der Waals surface area (Å²) < 4.78 is 34.4. The van der Waals surface area contributed by atoms with E-state index in [1.807, 2.05) is 66.7 Å². The maximum Gasteiger partial charge on any atom is 0.312 e. The average Bonchev–Trinajstić information content (AvgIpc) is 3.35. The molecule has 0 N–H and O–H groups in total. The van der Waals surface area contributed by atoms with Crippen molar-refractivity contribution >= 4 is 17.8 Å². The first-order valence-electron chi connectivity index (χ1n) is 13.9. The lowest BCUT2D eigenvalue weighted by Crippen LogP contribution is -2.22. The normalized spacial score (nSPS) is 16.2. The van der Waals surface area contributed by atoms with E-state index in [-0.39, 0.29) is 23.9 Å². The topological polar surface area (TPSA) is 89.5 Å². The Bertz CT molecular complexity index is 1700. The molecule has 2 aliphatic heterocycles. The van der Waals surface area contributed by atoms with E-state index in [1.165, 1.54) is 0 Å². The zero-order valence-corrected chi connectivity index (χ0v) is 24.0. The van der Waals surface area contributed by atoms with Crippen molar-refractivity contribution in [2.24, 2.45) is 0 Å². The van der Waals surface area contributed by atoms with E-state index in [2.05, 4.69) is 0 Å². The van der Waals surface area contributed by atoms with E-state index in [4.69, 9.17) is 28.4 Å². The molecule has 0 saturated heterocycles. The van der Waals surface area contributed by atoms with Crippen LogP contribution in [0.2, 0.25) is 0 Å². The fraction of sp³-hybridized carbons (Fsp3) is 0.200. The van der Waals surface area contributed by atoms with Gasteiger partial charge in [0, 0.05) is 23.5 Å². The molecule has 0 aromatic heterocycles. The van der Waals surface area contributed by atoms with Crippen LogP contribution in [0, 0.1) is 0 Å². The summed E-state index contributed by atoms with van der Waals surface area (Å²) in [6.45, 7) is 0.375. The highest BCUT2D eigenvalue weighted by atomic mass is 16.5. The third-order valence-electron chi connectivity index (χ3n) is 7.59. The summed E-state index contributed by atoms with van der Waals surface area (Å²) in [5.41, 5.74) is 3.64. The molecule has 6 rings (SSSR count). The largest absolute Gasteiger partial charge is 0.497 e. The summed E-state index contributed by atoms with van der Waals surface area (Å²) in [6, 6.07) is 24.0. The lowest BCUT2D eigenvalue weighted by Gasteiger charge is -2.28. The Morgan fingerprint density at radius 2 is 1.53 bits per heavy atom. The summed E-state index contributed by atoms with van der Waals surface area (Å²) in [5, 5.41) is 0. The first-order valence-corrected chi connectivity index (χ1v) is 13.9. The van der Waals surface area contributed by atoms with Gasteiger partial charge in [-0.3, -0.25) is 9.59 Å². The first-order chi connectivity index (χ1) is 21.0. The monoisotopic (exact) mass is 578 g/mol. The van der Waals surface area contributed by atoms with Crippen LogP contribution in [0.15, 0.2) is 84.6 Å². The van der Waals surface area contributed by atoms with Crippen LogP contribution in [0.5, 0.6) is 34.5 Å². The van der Waals surface area contributed by atoms with Crippen molar-refractivity contribution < 1.29 is 38.0 Å². The van der Waals surface area contributed by atoms with Gasteiger partial charge in [0.05, 0.1) is 39.9 Å². The third-order valence-corrected chi connectivity index (χ3v) is 7.59. The van der Waals surface area contributed by atoms with Crippen molar-refractivity contribution in [3.05, 3.63) is 112 Å². The van der Waals surface area contributed by atoms with E-state index in [9.17, 15) is 9.59 Å². The standard InChI is InChI=1S/C35H30O8/c1-38-23-11-7-21(8-12-23)17-18-41-34-25(5-4-6-29(34)40-3)27-20-31(36)42-28-16-15-26-33(37)30(43-35(26)32(27)28)19-22-9-13-24(39-2)14-10-22/h4-16,19,27H,17-18,20H2,1-3H3. The number of rotatable bonds is 9. The van der Waals surface area contributed by atoms with Crippen LogP contribution in [-0.4, -0.2) is 39.7 Å². The molecule has 0 amide bonds. The summed E-state index contributed by atoms with van der Waals surface area (Å²) in [4.78, 5) is 26.2. The second kappa shape index (κ2) is 11.9. The van der Waals surface area contributed by atoms with Gasteiger partial charge in [0.1, 0.15) is 23.0 Å². The number of allylic oxidation sites excluding steroid dienone is 1. The molecule has 2 aliphatic rings. The van der Waals surface area contributed by atoms with Gasteiger partial charge in [-0.05, 0) is 59.7 Å². The van der Waals surface area contributed by atoms with Crippen molar-refractivity contribution in [2.45, 2.75) is 18.8 Å². The maximum atomic E-state index is 13.4. The summed E-state index contributed by atoms with van der Waals surface area (Å²) in [7, 11) is 4.81. The second-order valence-electron chi connectivity index (χ2n) is 10.1. The number of para-hydroxylation sites is 1. The van der Waals surface area contributed by atoms with Gasteiger partial charge in [-0.15, -0.1) is 0 Å². The molecule has 218 valence electrons. The fourth-order valence-corrected chi connectivity index (χ4v) is 5.41. The fourth-order valence-electron chi connectivity index (χ4n) is 5.41. The quantitative estimate of drug-likeness (QED) is 0.128. The average molecular weight is 579 g/mol. The molecule has 43 heavy (non-hydrogen) atoms. The highest BCUT2D eigenvalue weighted by molar-refractivity contribution is 6.15. The number of fused-ring (bicyclic) bond motifs is 3. The lowest BCUT2D eigenvalue weighted by molar-refractivity contribution is -0.135. The van der Waals surface area contributed by atoms with Gasteiger partial charge >= 0.3 is 5.97 Å². The van der Waals surface area contributed by atoms with Crippen LogP contribution < -0.4 is 28.4 Å². The van der Waals surface area contributed by atoms with Crippen LogP contribution in [-0.2, 0) is 11.2 Å². The maximum absolute atomic E-state index is 13.4. The molecule has 0 radical (unpaired) electrons. The zero-order valence-electron chi connectivity index (χ0n) is 24.0.